The number of phenols is 1. The molecule has 8 nitrogen and oxygen atoms in total. The second-order valence-corrected chi connectivity index (χ2v) is 10.6. The zero-order valence-corrected chi connectivity index (χ0v) is 25.8. The van der Waals surface area contributed by atoms with Gasteiger partial charge >= 0.3 is 0 Å². The smallest absolute Gasteiger partial charge is 0.257 e. The monoisotopic (exact) mass is 591 g/mol. The fourth-order valence-corrected chi connectivity index (χ4v) is 4.68. The lowest BCUT2D eigenvalue weighted by molar-refractivity contribution is -0.123. The molecule has 0 saturated carbocycles. The Labute approximate surface area is 256 Å². The van der Waals surface area contributed by atoms with Gasteiger partial charge in [0.25, 0.3) is 11.8 Å². The molecule has 3 amide bonds. The molecule has 0 aliphatic carbocycles. The molecule has 0 spiro atoms. The van der Waals surface area contributed by atoms with Crippen molar-refractivity contribution in [3.05, 3.63) is 71.8 Å². The Morgan fingerprint density at radius 2 is 1.40 bits per heavy atom. The lowest BCUT2D eigenvalue weighted by Gasteiger charge is -2.14. The van der Waals surface area contributed by atoms with Crippen molar-refractivity contribution in [2.24, 2.45) is 5.73 Å². The van der Waals surface area contributed by atoms with E-state index in [-0.39, 0.29) is 29.7 Å². The first kappa shape index (κ1) is 35.1. The largest absolute Gasteiger partial charge is 0.506 e. The van der Waals surface area contributed by atoms with E-state index in [1.807, 2.05) is 37.3 Å². The summed E-state index contributed by atoms with van der Waals surface area (Å²) in [6, 6.07) is 18.4. The Morgan fingerprint density at radius 3 is 2.02 bits per heavy atom. The van der Waals surface area contributed by atoms with Gasteiger partial charge in [-0.15, -0.1) is 0 Å². The van der Waals surface area contributed by atoms with Gasteiger partial charge in [-0.3, -0.25) is 14.4 Å². The SMILES string of the molecule is CCCCCCCCCCCC(N)=O.CCNC(=O)COc1cc(C(=O)NCCc2ccccc2)c(O)c2ccccc12. The summed E-state index contributed by atoms with van der Waals surface area (Å²) in [6.07, 6.45) is 12.8. The van der Waals surface area contributed by atoms with E-state index in [2.05, 4.69) is 17.6 Å². The zero-order valence-electron chi connectivity index (χ0n) is 25.8. The van der Waals surface area contributed by atoms with E-state index in [9.17, 15) is 19.5 Å². The number of amides is 3. The van der Waals surface area contributed by atoms with E-state index in [0.29, 0.717) is 42.5 Å². The third-order valence-electron chi connectivity index (χ3n) is 7.02. The number of benzene rings is 3. The summed E-state index contributed by atoms with van der Waals surface area (Å²) in [4.78, 5) is 34.9. The third-order valence-corrected chi connectivity index (χ3v) is 7.02. The van der Waals surface area contributed by atoms with Crippen LogP contribution in [-0.4, -0.2) is 42.5 Å². The van der Waals surface area contributed by atoms with Gasteiger partial charge in [-0.2, -0.15) is 0 Å². The lowest BCUT2D eigenvalue weighted by atomic mass is 10.0. The fraction of sp³-hybridized carbons (Fsp3) is 0.457. The van der Waals surface area contributed by atoms with Crippen molar-refractivity contribution >= 4 is 28.5 Å². The molecule has 3 aromatic carbocycles. The van der Waals surface area contributed by atoms with Crippen molar-refractivity contribution in [2.75, 3.05) is 19.7 Å². The Bertz CT molecular complexity index is 1260. The number of hydrogen-bond acceptors (Lipinski definition) is 5. The first-order valence-electron chi connectivity index (χ1n) is 15.6. The van der Waals surface area contributed by atoms with Crippen molar-refractivity contribution in [1.29, 1.82) is 0 Å². The maximum absolute atomic E-state index is 12.7. The first-order valence-corrected chi connectivity index (χ1v) is 15.6. The highest BCUT2D eigenvalue weighted by Gasteiger charge is 2.18. The Morgan fingerprint density at radius 1 is 0.791 bits per heavy atom. The molecule has 0 unspecified atom stereocenters. The predicted octanol–water partition coefficient (Wildman–Crippen LogP) is 6.43. The van der Waals surface area contributed by atoms with Gasteiger partial charge in [0.1, 0.15) is 11.5 Å². The fourth-order valence-electron chi connectivity index (χ4n) is 4.68. The molecule has 3 aromatic rings. The number of primary amides is 1. The first-order chi connectivity index (χ1) is 20.9. The number of hydrogen-bond donors (Lipinski definition) is 4. The van der Waals surface area contributed by atoms with Crippen LogP contribution in [0.3, 0.4) is 0 Å². The summed E-state index contributed by atoms with van der Waals surface area (Å²) in [5, 5.41) is 17.3. The number of fused-ring (bicyclic) bond motifs is 1. The van der Waals surface area contributed by atoms with Crippen LogP contribution in [0.25, 0.3) is 10.8 Å². The average Bonchev–Trinajstić information content (AvgIpc) is 3.01. The molecule has 0 saturated heterocycles. The van der Waals surface area contributed by atoms with Crippen LogP contribution in [0, 0.1) is 0 Å². The van der Waals surface area contributed by atoms with Crippen molar-refractivity contribution in [3.8, 4) is 11.5 Å². The number of likely N-dealkylation sites (N-methyl/N-ethyl adjacent to an activating group) is 1. The number of nitrogens with two attached hydrogens (primary N) is 1. The highest BCUT2D eigenvalue weighted by molar-refractivity contribution is 6.05. The minimum atomic E-state index is -0.396. The van der Waals surface area contributed by atoms with Crippen LogP contribution in [0.15, 0.2) is 60.7 Å². The molecule has 0 atom stereocenters. The highest BCUT2D eigenvalue weighted by atomic mass is 16.5. The van der Waals surface area contributed by atoms with Crippen molar-refractivity contribution in [2.45, 2.75) is 84.5 Å². The molecule has 0 bridgehead atoms. The molecule has 0 aliphatic rings. The van der Waals surface area contributed by atoms with E-state index in [1.54, 1.807) is 24.3 Å². The summed E-state index contributed by atoms with van der Waals surface area (Å²) in [5.74, 6) is -0.542. The van der Waals surface area contributed by atoms with E-state index < -0.39 is 5.91 Å². The van der Waals surface area contributed by atoms with Gasteiger partial charge in [0, 0.05) is 30.3 Å². The molecule has 43 heavy (non-hydrogen) atoms. The van der Waals surface area contributed by atoms with Crippen LogP contribution in [0.5, 0.6) is 11.5 Å². The van der Waals surface area contributed by atoms with Crippen LogP contribution in [0.2, 0.25) is 0 Å². The molecular weight excluding hydrogens is 542 g/mol. The predicted molar refractivity (Wildman–Crippen MR) is 173 cm³/mol. The summed E-state index contributed by atoms with van der Waals surface area (Å²) >= 11 is 0. The van der Waals surface area contributed by atoms with Gasteiger partial charge in [0.05, 0.1) is 5.56 Å². The van der Waals surface area contributed by atoms with Crippen LogP contribution in [-0.2, 0) is 16.0 Å². The number of carbonyl (C=O) groups is 3. The maximum atomic E-state index is 12.7. The maximum Gasteiger partial charge on any atom is 0.257 e. The second kappa shape index (κ2) is 20.8. The highest BCUT2D eigenvalue weighted by Crippen LogP contribution is 2.36. The third kappa shape index (κ3) is 13.6. The van der Waals surface area contributed by atoms with Crippen LogP contribution >= 0.6 is 0 Å². The molecule has 0 heterocycles. The standard InChI is InChI=1S/C23H24N2O4.C12H25NO/c1-2-24-21(26)15-29-20-14-19(22(27)18-11-7-6-10-17(18)20)23(28)25-13-12-16-8-4-3-5-9-16;1-2-3-4-5-6-7-8-9-10-11-12(13)14/h3-11,14,27H,2,12-13,15H2,1H3,(H,24,26)(H,25,28);2-11H2,1H3,(H2,13,14). The second-order valence-electron chi connectivity index (χ2n) is 10.6. The number of rotatable bonds is 18. The number of ether oxygens (including phenoxy) is 1. The average molecular weight is 592 g/mol. The van der Waals surface area contributed by atoms with Crippen LogP contribution in [0.4, 0.5) is 0 Å². The van der Waals surface area contributed by atoms with E-state index >= 15 is 0 Å². The van der Waals surface area contributed by atoms with Crippen molar-refractivity contribution < 1.29 is 24.2 Å². The quantitative estimate of drug-likeness (QED) is 0.127. The van der Waals surface area contributed by atoms with E-state index in [4.69, 9.17) is 10.5 Å². The molecular formula is C35H49N3O5. The molecule has 5 N–H and O–H groups in total. The molecule has 0 radical (unpaired) electrons. The summed E-state index contributed by atoms with van der Waals surface area (Å²) in [5.41, 5.74) is 6.28. The molecule has 0 fully saturated rings. The number of nitrogens with one attached hydrogen (secondary N) is 2. The van der Waals surface area contributed by atoms with Gasteiger partial charge in [0.2, 0.25) is 5.91 Å². The van der Waals surface area contributed by atoms with Gasteiger partial charge in [-0.1, -0.05) is 113 Å². The van der Waals surface area contributed by atoms with Gasteiger partial charge < -0.3 is 26.2 Å². The summed E-state index contributed by atoms with van der Waals surface area (Å²) < 4.78 is 5.65. The molecule has 0 aliphatic heterocycles. The normalized spacial score (nSPS) is 10.5. The molecule has 0 aromatic heterocycles. The number of unbranched alkanes of at least 4 members (excludes halogenated alkanes) is 8. The molecule has 8 heteroatoms. The lowest BCUT2D eigenvalue weighted by Crippen LogP contribution is -2.28. The number of aromatic hydroxyl groups is 1. The minimum Gasteiger partial charge on any atom is -0.506 e. The summed E-state index contributed by atoms with van der Waals surface area (Å²) in [7, 11) is 0. The minimum absolute atomic E-state index is 0.108. The van der Waals surface area contributed by atoms with Gasteiger partial charge in [-0.25, -0.2) is 0 Å². The van der Waals surface area contributed by atoms with Crippen LogP contribution < -0.4 is 21.1 Å². The Hall–Kier alpha value is -4.07. The van der Waals surface area contributed by atoms with Crippen LogP contribution in [0.1, 0.15) is 94.0 Å². The topological polar surface area (TPSA) is 131 Å². The molecule has 3 rings (SSSR count). The zero-order chi connectivity index (χ0) is 31.3. The van der Waals surface area contributed by atoms with Gasteiger partial charge in [-0.05, 0) is 31.4 Å². The van der Waals surface area contributed by atoms with Crippen molar-refractivity contribution in [1.82, 2.24) is 10.6 Å². The molecule has 234 valence electrons. The Balaban J connectivity index is 0.000000391. The van der Waals surface area contributed by atoms with E-state index in [0.717, 1.165) is 18.4 Å². The number of phenolic OH excluding ortho intramolecular Hbond substituents is 1. The summed E-state index contributed by atoms with van der Waals surface area (Å²) in [6.45, 7) is 4.84. The van der Waals surface area contributed by atoms with E-state index in [1.165, 1.54) is 51.0 Å². The van der Waals surface area contributed by atoms with Gasteiger partial charge in [0.15, 0.2) is 6.61 Å². The number of carbonyl (C=O) groups excluding carboxylic acids is 3. The van der Waals surface area contributed by atoms with Crippen molar-refractivity contribution in [3.63, 3.8) is 0 Å². The Kier molecular flexibility index (Phi) is 17.0.